The summed E-state index contributed by atoms with van der Waals surface area (Å²) in [6.45, 7) is 5.87. The van der Waals surface area contributed by atoms with Crippen LogP contribution in [0, 0.1) is 5.92 Å². The molecule has 0 spiro atoms. The Labute approximate surface area is 771 Å². The number of amides is 13. The fourth-order valence-electron chi connectivity index (χ4n) is 13.5. The van der Waals surface area contributed by atoms with Crippen LogP contribution in [0.15, 0.2) is 189 Å². The molecular weight excluding hydrogens is 1820 g/mol. The topological polar surface area (TPSA) is 437 Å². The zero-order chi connectivity index (χ0) is 93.6. The molecule has 0 aliphatic carbocycles. The van der Waals surface area contributed by atoms with Gasteiger partial charge in [-0.3, -0.25) is 107 Å². The molecule has 2 fully saturated rings. The number of halogens is 5. The number of piperazine rings is 1. The van der Waals surface area contributed by atoms with E-state index in [1.165, 1.54) is 34.1 Å². The van der Waals surface area contributed by atoms with E-state index in [0.29, 0.717) is 94.4 Å². The second-order valence-corrected chi connectivity index (χ2v) is 34.6. The van der Waals surface area contributed by atoms with Gasteiger partial charge in [0.2, 0.25) is 0 Å². The third-order valence-corrected chi connectivity index (χ3v) is 24.8. The minimum Gasteiger partial charge on any atom is -0.398 e. The predicted octanol–water partition coefficient (Wildman–Crippen LogP) is 14.3. The first kappa shape index (κ1) is 90.7. The number of nitrogens with two attached hydrogens (primary N) is 2. The lowest BCUT2D eigenvalue weighted by molar-refractivity contribution is 0.0531. The fourth-order valence-corrected chi connectivity index (χ4v) is 17.3. The summed E-state index contributed by atoms with van der Waals surface area (Å²) in [6, 6.07) is 44.9. The molecule has 11 aromatic rings. The van der Waals surface area contributed by atoms with Crippen molar-refractivity contribution in [3.63, 3.8) is 0 Å². The van der Waals surface area contributed by atoms with Gasteiger partial charge in [-0.15, -0.1) is 45.3 Å². The molecule has 0 bridgehead atoms. The number of pyridine rings is 2. The Balaban J connectivity index is 0.000000151. The van der Waals surface area contributed by atoms with Crippen molar-refractivity contribution < 1.29 is 81.4 Å². The normalized spacial score (nSPS) is 14.8. The number of carbonyl (C=O) groups is 14. The van der Waals surface area contributed by atoms with Gasteiger partial charge in [-0.05, 0) is 185 Å². The summed E-state index contributed by atoms with van der Waals surface area (Å²) in [7, 11) is 0. The number of rotatable bonds is 14. The average molecular weight is 1900 g/mol. The molecule has 0 atom stereocenters. The number of aliphatic hydroxyl groups is 2. The Morgan fingerprint density at radius 2 is 0.764 bits per heavy atom. The highest BCUT2D eigenvalue weighted by Crippen LogP contribution is 2.36. The number of imide groups is 5. The summed E-state index contributed by atoms with van der Waals surface area (Å²) >= 11 is 32.7. The molecule has 7 aliphatic rings. The highest BCUT2D eigenvalue weighted by molar-refractivity contribution is 7.20. The molecule has 0 radical (unpaired) electrons. The Kier molecular flexibility index (Phi) is 31.5. The number of aliphatic hydroxyl groups excluding tert-OH is 2. The standard InChI is InChI=1S/C23H20ClN5O3S.C15H11ClN2O3S.C13H7ClN2O3S.C11H16N2O.C10H10N2O2.C8H6N2O2.C5H2Cl2OS.C2H6O/c24-19-5-4-18(33-19)21(30)26-17-3-1-2-16-20(17)23(32)29(22(16)31)14-27-10-12-28(13-11-27)15-6-8-25-9-7-15;1-2-18-14(20)8-4-3-5-9(12(8)15(18)21)17-13(19)10-6-7-11(16)22-10;14-9-5-4-8(20-9)12(18)15-7-3-1-2-6-10(7)13(19)16-11(6)17;14-9-10-3-7-13(8-4-10)11-1-5-12-6-2-11;1-2-12-9(13)6-4-3-5-7(11)8(6)10(12)14;9-5-3-1-2-4-6(5)8(12)10-7(4)11;6-4-2-1-3(9-4)5(7)8;1-2-3/h1-9H,10-14H2,(H,26,30);3-7H,2H2,1H3,(H,17,19);1-5H,(H,15,18)(H,16,17,19);1-2,5-6,10,14H,3-4,7-9H2;3-5H,2,11H2,1H3;1-3H,9H2,(H,10,11,12);1-2H;3H,2H2,1H3/i;1D;;;1D;;;1D. The van der Waals surface area contributed by atoms with Crippen LogP contribution in [0.3, 0.4) is 0 Å². The molecule has 7 aliphatic heterocycles. The van der Waals surface area contributed by atoms with E-state index in [1.807, 2.05) is 36.7 Å². The fraction of sp³-hybridized carbons (Fsp3) is 0.195. The van der Waals surface area contributed by atoms with Crippen molar-refractivity contribution in [3.05, 3.63) is 281 Å². The molecule has 0 saturated carbocycles. The van der Waals surface area contributed by atoms with Crippen LogP contribution < -0.4 is 47.9 Å². The van der Waals surface area contributed by atoms with Crippen LogP contribution in [-0.2, 0) is 0 Å². The van der Waals surface area contributed by atoms with Gasteiger partial charge in [0.15, 0.2) is 0 Å². The predicted molar refractivity (Wildman–Crippen MR) is 490 cm³/mol. The monoisotopic (exact) mass is 1890 g/mol. The van der Waals surface area contributed by atoms with E-state index in [9.17, 15) is 67.1 Å². The van der Waals surface area contributed by atoms with E-state index in [1.54, 1.807) is 140 Å². The van der Waals surface area contributed by atoms with E-state index in [2.05, 4.69) is 51.3 Å². The quantitative estimate of drug-likeness (QED) is 0.0277. The summed E-state index contributed by atoms with van der Waals surface area (Å²) in [4.78, 5) is 187. The molecule has 6 aromatic heterocycles. The summed E-state index contributed by atoms with van der Waals surface area (Å²) in [6.07, 6.45) is 9.38. The van der Waals surface area contributed by atoms with Gasteiger partial charge >= 0.3 is 0 Å². The largest absolute Gasteiger partial charge is 0.398 e. The second-order valence-electron chi connectivity index (χ2n) is 27.4. The van der Waals surface area contributed by atoms with Crippen molar-refractivity contribution >= 4 is 225 Å². The molecule has 5 aromatic carbocycles. The van der Waals surface area contributed by atoms with E-state index in [-0.39, 0.29) is 122 Å². The molecule has 13 amide bonds. The van der Waals surface area contributed by atoms with Gasteiger partial charge in [-0.2, -0.15) is 0 Å². The second kappa shape index (κ2) is 44.1. The van der Waals surface area contributed by atoms with Crippen LogP contribution in [0.4, 0.5) is 39.8 Å². The lowest BCUT2D eigenvalue weighted by Crippen LogP contribution is -2.51. The van der Waals surface area contributed by atoms with Gasteiger partial charge in [0, 0.05) is 117 Å². The van der Waals surface area contributed by atoms with Gasteiger partial charge in [0.25, 0.3) is 82.0 Å². The van der Waals surface area contributed by atoms with E-state index in [0.717, 1.165) is 102 Å². The molecule has 127 heavy (non-hydrogen) atoms. The minimum atomic E-state index is -0.509. The number of nitrogen functional groups attached to an aromatic ring is 2. The highest BCUT2D eigenvalue weighted by Gasteiger charge is 2.41. The van der Waals surface area contributed by atoms with Gasteiger partial charge in [-0.1, -0.05) is 76.7 Å². The SMILES string of the molecule is Nc1cccc2c1C(=O)NC2=O.O=C(Cl)c1ccc(Cl)s1.O=C(Nc1cccc2c1C(=O)N(CN1CCN(c3ccncc3)CC1)C2=O)c1ccc(Cl)s1.O=C(Nc1cccc2c1C(=O)NC2=O)c1ccc(Cl)s1.OCC1CCN(c2ccncc2)CC1.[2H]CCN1C(=O)c2cccc(N)c2C1=O.[2H]CCN1C(=O)c2cccc(NC(=O)c3ccc(Cl)s3)c2C1=O.[2H]CCO. The Morgan fingerprint density at radius 3 is 1.13 bits per heavy atom. The lowest BCUT2D eigenvalue weighted by atomic mass is 9.97. The summed E-state index contributed by atoms with van der Waals surface area (Å²) < 4.78 is 22.5. The highest BCUT2D eigenvalue weighted by atomic mass is 35.5. The number of nitrogens with zero attached hydrogens (tertiary/aromatic N) is 8. The van der Waals surface area contributed by atoms with Crippen molar-refractivity contribution in [1.29, 1.82) is 0 Å². The molecule has 40 heteroatoms. The first-order valence-electron chi connectivity index (χ1n) is 40.3. The van der Waals surface area contributed by atoms with Crippen LogP contribution in [0.2, 0.25) is 17.3 Å². The van der Waals surface area contributed by atoms with Crippen LogP contribution in [0.1, 0.15) is 180 Å². The van der Waals surface area contributed by atoms with Crippen molar-refractivity contribution in [2.75, 3.05) is 109 Å². The molecule has 18 rings (SSSR count). The number of anilines is 7. The molecule has 0 unspecified atom stereocenters. The minimum absolute atomic E-state index is 0.00533. The molecule has 13 heterocycles. The maximum absolute atomic E-state index is 13.2. The molecule has 11 N–H and O–H groups in total. The van der Waals surface area contributed by atoms with E-state index < -0.39 is 46.6 Å². The number of fused-ring (bicyclic) bond motifs is 5. The molecule has 2 saturated heterocycles. The van der Waals surface area contributed by atoms with Crippen LogP contribution >= 0.6 is 103 Å². The first-order valence-corrected chi connectivity index (χ1v) is 43.4. The van der Waals surface area contributed by atoms with Crippen molar-refractivity contribution in [1.82, 2.24) is 40.2 Å². The summed E-state index contributed by atoms with van der Waals surface area (Å²) in [5.74, 6) is -4.79. The number of nitrogens with one attached hydrogen (secondary N) is 5. The summed E-state index contributed by atoms with van der Waals surface area (Å²) in [5, 5.41) is 28.6. The third-order valence-electron chi connectivity index (χ3n) is 19.6. The van der Waals surface area contributed by atoms with E-state index in [4.69, 9.17) is 83.8 Å². The first-order chi connectivity index (χ1) is 62.5. The van der Waals surface area contributed by atoms with Gasteiger partial charge < -0.3 is 47.4 Å². The average Bonchev–Trinajstić information content (AvgIpc) is 1.62. The van der Waals surface area contributed by atoms with Crippen LogP contribution in [-0.4, -0.2) is 194 Å². The van der Waals surface area contributed by atoms with E-state index >= 15 is 0 Å². The third kappa shape index (κ3) is 23.0. The van der Waals surface area contributed by atoms with Crippen molar-refractivity contribution in [2.24, 2.45) is 5.92 Å². The van der Waals surface area contributed by atoms with Crippen molar-refractivity contribution in [2.45, 2.75) is 33.5 Å². The number of carbonyl (C=O) groups excluding carboxylic acids is 14. The van der Waals surface area contributed by atoms with Gasteiger partial charge in [0.05, 0.1) is 116 Å². The Morgan fingerprint density at radius 1 is 0.417 bits per heavy atom. The number of hydrogen-bond acceptors (Lipinski definition) is 27. The number of hydrogen-bond donors (Lipinski definition) is 9. The molecule has 31 nitrogen and oxygen atoms in total. The maximum atomic E-state index is 13.2. The maximum Gasteiger partial charge on any atom is 0.265 e. The molecular formula is C87H78Cl5N15O16S4. The Bertz CT molecular complexity index is 6120. The lowest BCUT2D eigenvalue weighted by Gasteiger charge is -2.37. The van der Waals surface area contributed by atoms with Crippen LogP contribution in [0.25, 0.3) is 0 Å². The number of thiophene rings is 4. The van der Waals surface area contributed by atoms with Gasteiger partial charge in [0.1, 0.15) is 0 Å². The smallest absolute Gasteiger partial charge is 0.265 e. The number of aromatic nitrogens is 2. The van der Waals surface area contributed by atoms with Crippen LogP contribution in [0.5, 0.6) is 0 Å². The number of piperidine rings is 1. The molecule has 656 valence electrons. The zero-order valence-corrected chi connectivity index (χ0v) is 73.7. The summed E-state index contributed by atoms with van der Waals surface area (Å²) in [5.41, 5.74) is 17.7. The van der Waals surface area contributed by atoms with Gasteiger partial charge in [-0.25, -0.2) is 0 Å². The van der Waals surface area contributed by atoms with Crippen molar-refractivity contribution in [3.8, 4) is 0 Å². The zero-order valence-electron chi connectivity index (χ0n) is 69.7. The Hall–Kier alpha value is -12.5. The number of benzene rings is 5.